The van der Waals surface area contributed by atoms with Crippen LogP contribution in [0.3, 0.4) is 0 Å². The van der Waals surface area contributed by atoms with E-state index in [1.165, 1.54) is 0 Å². The first kappa shape index (κ1) is 18.2. The molecule has 1 aliphatic rings. The van der Waals surface area contributed by atoms with Gasteiger partial charge in [0, 0.05) is 25.7 Å². The molecular weight excluding hydrogens is 312 g/mol. The Morgan fingerprint density at radius 2 is 2.26 bits per heavy atom. The summed E-state index contributed by atoms with van der Waals surface area (Å²) in [7, 11) is 0. The normalized spacial score (nSPS) is 20.9. The highest BCUT2D eigenvalue weighted by atomic mass is 32.1. The zero-order chi connectivity index (χ0) is 16.9. The summed E-state index contributed by atoms with van der Waals surface area (Å²) in [6.45, 7) is 7.64. The van der Waals surface area contributed by atoms with E-state index in [1.807, 2.05) is 37.6 Å². The SMILES string of the molecule is CC(C)(C)OC(=O)N1CCCC(NCC(O)c2ccsc2)CC1. The first-order valence-corrected chi connectivity index (χ1v) is 9.21. The summed E-state index contributed by atoms with van der Waals surface area (Å²) in [5.41, 5.74) is 0.512. The lowest BCUT2D eigenvalue weighted by molar-refractivity contribution is 0.0255. The number of likely N-dealkylation sites (tertiary alicyclic amines) is 1. The molecule has 1 aromatic rings. The van der Waals surface area contributed by atoms with Crippen LogP contribution >= 0.6 is 11.3 Å². The van der Waals surface area contributed by atoms with Crippen LogP contribution in [0, 0.1) is 0 Å². The van der Waals surface area contributed by atoms with Gasteiger partial charge in [0.15, 0.2) is 0 Å². The molecule has 1 aliphatic heterocycles. The van der Waals surface area contributed by atoms with Gasteiger partial charge in [-0.3, -0.25) is 0 Å². The second kappa shape index (κ2) is 8.13. The van der Waals surface area contributed by atoms with Crippen LogP contribution in [0.5, 0.6) is 0 Å². The molecule has 2 rings (SSSR count). The Balaban J connectivity index is 1.76. The Labute approximate surface area is 142 Å². The van der Waals surface area contributed by atoms with Crippen molar-refractivity contribution in [3.63, 3.8) is 0 Å². The number of ether oxygens (including phenoxy) is 1. The van der Waals surface area contributed by atoms with Crippen LogP contribution in [0.4, 0.5) is 4.79 Å². The molecule has 6 heteroatoms. The lowest BCUT2D eigenvalue weighted by Gasteiger charge is -2.26. The van der Waals surface area contributed by atoms with Gasteiger partial charge in [0.25, 0.3) is 0 Å². The van der Waals surface area contributed by atoms with Crippen LogP contribution in [-0.4, -0.2) is 47.4 Å². The monoisotopic (exact) mass is 340 g/mol. The van der Waals surface area contributed by atoms with Crippen molar-refractivity contribution in [3.8, 4) is 0 Å². The Hall–Kier alpha value is -1.11. The topological polar surface area (TPSA) is 61.8 Å². The molecule has 2 unspecified atom stereocenters. The van der Waals surface area contributed by atoms with Gasteiger partial charge in [-0.15, -0.1) is 0 Å². The Bertz CT molecular complexity index is 485. The molecule has 0 spiro atoms. The summed E-state index contributed by atoms with van der Waals surface area (Å²) in [6, 6.07) is 2.28. The molecule has 0 aliphatic carbocycles. The molecule has 0 aromatic carbocycles. The van der Waals surface area contributed by atoms with Gasteiger partial charge in [0.2, 0.25) is 0 Å². The summed E-state index contributed by atoms with van der Waals surface area (Å²) in [4.78, 5) is 13.9. The molecule has 0 saturated carbocycles. The molecule has 0 radical (unpaired) electrons. The van der Waals surface area contributed by atoms with E-state index in [2.05, 4.69) is 5.32 Å². The zero-order valence-corrected chi connectivity index (χ0v) is 15.1. The largest absolute Gasteiger partial charge is 0.444 e. The second-order valence-corrected chi connectivity index (χ2v) is 7.86. The highest BCUT2D eigenvalue weighted by Gasteiger charge is 2.25. The molecule has 1 saturated heterocycles. The maximum absolute atomic E-state index is 12.1. The summed E-state index contributed by atoms with van der Waals surface area (Å²) in [6.07, 6.45) is 2.15. The van der Waals surface area contributed by atoms with Gasteiger partial charge in [-0.2, -0.15) is 11.3 Å². The quantitative estimate of drug-likeness (QED) is 0.884. The van der Waals surface area contributed by atoms with E-state index in [1.54, 1.807) is 16.2 Å². The van der Waals surface area contributed by atoms with Crippen molar-refractivity contribution in [1.29, 1.82) is 0 Å². The Morgan fingerprint density at radius 3 is 2.91 bits per heavy atom. The fourth-order valence-corrected chi connectivity index (χ4v) is 3.38. The molecule has 2 atom stereocenters. The highest BCUT2D eigenvalue weighted by molar-refractivity contribution is 7.07. The Morgan fingerprint density at radius 1 is 1.48 bits per heavy atom. The third-order valence-electron chi connectivity index (χ3n) is 3.91. The van der Waals surface area contributed by atoms with Gasteiger partial charge >= 0.3 is 6.09 Å². The first-order valence-electron chi connectivity index (χ1n) is 8.26. The van der Waals surface area contributed by atoms with E-state index >= 15 is 0 Å². The minimum Gasteiger partial charge on any atom is -0.444 e. The molecule has 1 amide bonds. The molecule has 130 valence electrons. The number of nitrogens with one attached hydrogen (secondary N) is 1. The predicted octanol–water partition coefficient (Wildman–Crippen LogP) is 3.16. The minimum absolute atomic E-state index is 0.226. The van der Waals surface area contributed by atoms with Gasteiger partial charge in [0.05, 0.1) is 6.10 Å². The van der Waals surface area contributed by atoms with Gasteiger partial charge in [0.1, 0.15) is 5.60 Å². The van der Waals surface area contributed by atoms with Gasteiger partial charge < -0.3 is 20.1 Å². The van der Waals surface area contributed by atoms with Crippen molar-refractivity contribution >= 4 is 17.4 Å². The number of hydrogen-bond acceptors (Lipinski definition) is 5. The molecule has 1 aromatic heterocycles. The van der Waals surface area contributed by atoms with E-state index in [0.717, 1.165) is 31.4 Å². The molecule has 2 N–H and O–H groups in total. The molecule has 2 heterocycles. The number of carbonyl (C=O) groups excluding carboxylic acids is 1. The van der Waals surface area contributed by atoms with Crippen molar-refractivity contribution in [3.05, 3.63) is 22.4 Å². The lowest BCUT2D eigenvalue weighted by atomic mass is 10.1. The third kappa shape index (κ3) is 6.12. The number of thiophene rings is 1. The fourth-order valence-electron chi connectivity index (χ4n) is 2.67. The number of carbonyl (C=O) groups is 1. The van der Waals surface area contributed by atoms with E-state index in [9.17, 15) is 9.90 Å². The predicted molar refractivity (Wildman–Crippen MR) is 92.7 cm³/mol. The number of aliphatic hydroxyl groups excluding tert-OH is 1. The smallest absolute Gasteiger partial charge is 0.410 e. The van der Waals surface area contributed by atoms with Gasteiger partial charge in [-0.25, -0.2) is 4.79 Å². The van der Waals surface area contributed by atoms with E-state index in [0.29, 0.717) is 19.1 Å². The number of amides is 1. The first-order chi connectivity index (χ1) is 10.8. The zero-order valence-electron chi connectivity index (χ0n) is 14.2. The number of rotatable bonds is 4. The van der Waals surface area contributed by atoms with Crippen molar-refractivity contribution < 1.29 is 14.6 Å². The van der Waals surface area contributed by atoms with Crippen LogP contribution in [0.25, 0.3) is 0 Å². The van der Waals surface area contributed by atoms with Crippen LogP contribution in [-0.2, 0) is 4.74 Å². The van der Waals surface area contributed by atoms with Crippen molar-refractivity contribution in [1.82, 2.24) is 10.2 Å². The minimum atomic E-state index is -0.466. The van der Waals surface area contributed by atoms with Crippen molar-refractivity contribution in [2.45, 2.75) is 57.8 Å². The van der Waals surface area contributed by atoms with Gasteiger partial charge in [-0.05, 0) is 62.4 Å². The van der Waals surface area contributed by atoms with E-state index in [-0.39, 0.29) is 6.09 Å². The maximum atomic E-state index is 12.1. The summed E-state index contributed by atoms with van der Waals surface area (Å²) < 4.78 is 5.44. The maximum Gasteiger partial charge on any atom is 0.410 e. The van der Waals surface area contributed by atoms with E-state index in [4.69, 9.17) is 4.74 Å². The summed E-state index contributed by atoms with van der Waals surface area (Å²) in [5.74, 6) is 0. The number of aliphatic hydroxyl groups is 1. The lowest BCUT2D eigenvalue weighted by Crippen LogP contribution is -2.38. The van der Waals surface area contributed by atoms with Crippen LogP contribution in [0.15, 0.2) is 16.8 Å². The van der Waals surface area contributed by atoms with Gasteiger partial charge in [-0.1, -0.05) is 0 Å². The summed E-state index contributed by atoms with van der Waals surface area (Å²) in [5, 5.41) is 17.5. The van der Waals surface area contributed by atoms with Crippen molar-refractivity contribution in [2.24, 2.45) is 0 Å². The average molecular weight is 340 g/mol. The average Bonchev–Trinajstić information content (AvgIpc) is 2.89. The van der Waals surface area contributed by atoms with E-state index < -0.39 is 11.7 Å². The van der Waals surface area contributed by atoms with Crippen LogP contribution in [0.1, 0.15) is 51.7 Å². The van der Waals surface area contributed by atoms with Crippen molar-refractivity contribution in [2.75, 3.05) is 19.6 Å². The molecular formula is C17H28N2O3S. The molecule has 23 heavy (non-hydrogen) atoms. The molecule has 0 bridgehead atoms. The number of hydrogen-bond donors (Lipinski definition) is 2. The van der Waals surface area contributed by atoms with Crippen LogP contribution < -0.4 is 5.32 Å². The Kier molecular flexibility index (Phi) is 6.44. The van der Waals surface area contributed by atoms with Crippen LogP contribution in [0.2, 0.25) is 0 Å². The molecule has 1 fully saturated rings. The fraction of sp³-hybridized carbons (Fsp3) is 0.706. The highest BCUT2D eigenvalue weighted by Crippen LogP contribution is 2.18. The summed E-state index contributed by atoms with van der Waals surface area (Å²) >= 11 is 1.59. The third-order valence-corrected chi connectivity index (χ3v) is 4.61. The second-order valence-electron chi connectivity index (χ2n) is 7.08. The standard InChI is InChI=1S/C17H28N2O3S/c1-17(2,3)22-16(21)19-8-4-5-14(6-9-19)18-11-15(20)13-7-10-23-12-13/h7,10,12,14-15,18,20H,4-6,8-9,11H2,1-3H3. The molecule has 5 nitrogen and oxygen atoms in total. The number of nitrogens with zero attached hydrogens (tertiary/aromatic N) is 1.